The first-order chi connectivity index (χ1) is 9.51. The van der Waals surface area contributed by atoms with Gasteiger partial charge in [0.15, 0.2) is 0 Å². The zero-order chi connectivity index (χ0) is 14.7. The summed E-state index contributed by atoms with van der Waals surface area (Å²) in [5, 5.41) is 2.78. The highest BCUT2D eigenvalue weighted by Crippen LogP contribution is 2.17. The molecule has 0 saturated carbocycles. The predicted octanol–water partition coefficient (Wildman–Crippen LogP) is 1.20. The van der Waals surface area contributed by atoms with Crippen molar-refractivity contribution < 1.29 is 4.79 Å². The number of aromatic nitrogens is 2. The second kappa shape index (κ2) is 5.64. The van der Waals surface area contributed by atoms with Gasteiger partial charge in [-0.25, -0.2) is 4.79 Å². The molecule has 0 bridgehead atoms. The number of aryl methyl sites for hydroxylation is 2. The van der Waals surface area contributed by atoms with Crippen LogP contribution >= 0.6 is 0 Å². The molecule has 6 nitrogen and oxygen atoms in total. The van der Waals surface area contributed by atoms with Crippen LogP contribution in [-0.2, 0) is 17.9 Å². The average molecular weight is 274 g/mol. The fourth-order valence-corrected chi connectivity index (χ4v) is 1.99. The van der Waals surface area contributed by atoms with E-state index in [0.717, 1.165) is 5.56 Å². The van der Waals surface area contributed by atoms with Crippen LogP contribution in [-0.4, -0.2) is 15.0 Å². The molecule has 0 unspecified atom stereocenters. The summed E-state index contributed by atoms with van der Waals surface area (Å²) in [4.78, 5) is 23.8. The van der Waals surface area contributed by atoms with Crippen LogP contribution in [0.5, 0.6) is 0 Å². The van der Waals surface area contributed by atoms with Crippen molar-refractivity contribution >= 4 is 17.3 Å². The summed E-state index contributed by atoms with van der Waals surface area (Å²) in [6.45, 7) is 4.33. The summed E-state index contributed by atoms with van der Waals surface area (Å²) in [5.74, 6) is -0.242. The number of imidazole rings is 1. The highest BCUT2D eigenvalue weighted by atomic mass is 16.2. The number of rotatable bonds is 4. The molecule has 0 atom stereocenters. The first kappa shape index (κ1) is 13.9. The SMILES string of the molecule is CCn1ccn(CC(=O)Nc2ccc(N)cc2C)c1=O. The van der Waals surface area contributed by atoms with E-state index < -0.39 is 0 Å². The maximum absolute atomic E-state index is 12.0. The average Bonchev–Trinajstić information content (AvgIpc) is 2.74. The molecule has 1 aromatic carbocycles. The van der Waals surface area contributed by atoms with Gasteiger partial charge in [-0.15, -0.1) is 0 Å². The second-order valence-electron chi connectivity index (χ2n) is 4.62. The van der Waals surface area contributed by atoms with Crippen molar-refractivity contribution in [2.75, 3.05) is 11.1 Å². The molecule has 1 heterocycles. The molecule has 20 heavy (non-hydrogen) atoms. The number of carbonyl (C=O) groups is 1. The molecule has 2 rings (SSSR count). The van der Waals surface area contributed by atoms with E-state index in [-0.39, 0.29) is 18.1 Å². The lowest BCUT2D eigenvalue weighted by Crippen LogP contribution is -2.29. The molecule has 106 valence electrons. The number of nitrogens with one attached hydrogen (secondary N) is 1. The van der Waals surface area contributed by atoms with Crippen LogP contribution in [0.25, 0.3) is 0 Å². The van der Waals surface area contributed by atoms with Crippen molar-refractivity contribution in [2.45, 2.75) is 26.9 Å². The van der Waals surface area contributed by atoms with Crippen molar-refractivity contribution in [3.8, 4) is 0 Å². The van der Waals surface area contributed by atoms with Gasteiger partial charge in [0.25, 0.3) is 0 Å². The Hall–Kier alpha value is -2.50. The van der Waals surface area contributed by atoms with Gasteiger partial charge in [0.05, 0.1) is 0 Å². The molecule has 0 aliphatic carbocycles. The largest absolute Gasteiger partial charge is 0.399 e. The summed E-state index contributed by atoms with van der Waals surface area (Å²) < 4.78 is 2.92. The maximum atomic E-state index is 12.0. The van der Waals surface area contributed by atoms with Gasteiger partial charge in [-0.3, -0.25) is 13.9 Å². The Morgan fingerprint density at radius 2 is 2.00 bits per heavy atom. The molecule has 6 heteroatoms. The molecular formula is C14H18N4O2. The topological polar surface area (TPSA) is 82.1 Å². The third-order valence-electron chi connectivity index (χ3n) is 3.10. The molecule has 0 saturated heterocycles. The Morgan fingerprint density at radius 3 is 2.60 bits per heavy atom. The molecule has 0 spiro atoms. The molecule has 0 aliphatic heterocycles. The Kier molecular flexibility index (Phi) is 3.93. The Bertz CT molecular complexity index is 685. The van der Waals surface area contributed by atoms with E-state index in [0.29, 0.717) is 17.9 Å². The molecule has 1 amide bonds. The summed E-state index contributed by atoms with van der Waals surface area (Å²) in [7, 11) is 0. The van der Waals surface area contributed by atoms with E-state index in [4.69, 9.17) is 5.73 Å². The van der Waals surface area contributed by atoms with Crippen molar-refractivity contribution in [1.82, 2.24) is 9.13 Å². The minimum absolute atomic E-state index is 0.00432. The number of anilines is 2. The number of hydrogen-bond acceptors (Lipinski definition) is 3. The number of nitrogen functional groups attached to an aromatic ring is 1. The normalized spacial score (nSPS) is 10.5. The minimum Gasteiger partial charge on any atom is -0.399 e. The number of benzene rings is 1. The first-order valence-electron chi connectivity index (χ1n) is 6.43. The molecule has 0 radical (unpaired) electrons. The van der Waals surface area contributed by atoms with Crippen LogP contribution in [0.1, 0.15) is 12.5 Å². The van der Waals surface area contributed by atoms with Gasteiger partial charge < -0.3 is 11.1 Å². The summed E-state index contributed by atoms with van der Waals surface area (Å²) in [6, 6.07) is 5.26. The number of hydrogen-bond donors (Lipinski definition) is 2. The van der Waals surface area contributed by atoms with Gasteiger partial charge in [-0.05, 0) is 37.6 Å². The molecule has 1 aromatic heterocycles. The number of carbonyl (C=O) groups excluding carboxylic acids is 1. The van der Waals surface area contributed by atoms with Crippen molar-refractivity contribution in [1.29, 1.82) is 0 Å². The van der Waals surface area contributed by atoms with Gasteiger partial charge in [0.1, 0.15) is 6.54 Å². The van der Waals surface area contributed by atoms with Crippen molar-refractivity contribution in [3.63, 3.8) is 0 Å². The van der Waals surface area contributed by atoms with Gasteiger partial charge in [0.2, 0.25) is 5.91 Å². The van der Waals surface area contributed by atoms with E-state index in [9.17, 15) is 9.59 Å². The third-order valence-corrected chi connectivity index (χ3v) is 3.10. The number of amides is 1. The smallest absolute Gasteiger partial charge is 0.328 e. The fourth-order valence-electron chi connectivity index (χ4n) is 1.99. The highest BCUT2D eigenvalue weighted by Gasteiger charge is 2.08. The maximum Gasteiger partial charge on any atom is 0.328 e. The Labute approximate surface area is 116 Å². The van der Waals surface area contributed by atoms with Gasteiger partial charge >= 0.3 is 5.69 Å². The van der Waals surface area contributed by atoms with Crippen LogP contribution in [0, 0.1) is 6.92 Å². The van der Waals surface area contributed by atoms with E-state index in [1.54, 1.807) is 35.2 Å². The lowest BCUT2D eigenvalue weighted by molar-refractivity contribution is -0.116. The quantitative estimate of drug-likeness (QED) is 0.822. The molecule has 0 aliphatic rings. The van der Waals surface area contributed by atoms with Gasteiger partial charge in [-0.2, -0.15) is 0 Å². The highest BCUT2D eigenvalue weighted by molar-refractivity contribution is 5.91. The number of nitrogens with zero attached hydrogens (tertiary/aromatic N) is 2. The monoisotopic (exact) mass is 274 g/mol. The second-order valence-corrected chi connectivity index (χ2v) is 4.62. The summed E-state index contributed by atoms with van der Waals surface area (Å²) in [5.41, 5.74) is 7.71. The summed E-state index contributed by atoms with van der Waals surface area (Å²) >= 11 is 0. The minimum atomic E-state index is -0.242. The van der Waals surface area contributed by atoms with E-state index in [2.05, 4.69) is 5.32 Å². The van der Waals surface area contributed by atoms with Crippen LogP contribution in [0.3, 0.4) is 0 Å². The van der Waals surface area contributed by atoms with Crippen molar-refractivity contribution in [3.05, 3.63) is 46.6 Å². The van der Waals surface area contributed by atoms with Gasteiger partial charge in [-0.1, -0.05) is 0 Å². The molecule has 0 fully saturated rings. The zero-order valence-electron chi connectivity index (χ0n) is 11.6. The van der Waals surface area contributed by atoms with E-state index >= 15 is 0 Å². The van der Waals surface area contributed by atoms with Crippen LogP contribution in [0.2, 0.25) is 0 Å². The Morgan fingerprint density at radius 1 is 1.30 bits per heavy atom. The summed E-state index contributed by atoms with van der Waals surface area (Å²) in [6.07, 6.45) is 3.28. The zero-order valence-corrected chi connectivity index (χ0v) is 11.6. The molecule has 2 aromatic rings. The van der Waals surface area contributed by atoms with E-state index in [1.807, 2.05) is 13.8 Å². The molecular weight excluding hydrogens is 256 g/mol. The third kappa shape index (κ3) is 2.90. The van der Waals surface area contributed by atoms with Crippen LogP contribution in [0.4, 0.5) is 11.4 Å². The fraction of sp³-hybridized carbons (Fsp3) is 0.286. The standard InChI is InChI=1S/C14H18N4O2/c1-3-17-6-7-18(14(17)20)9-13(19)16-12-5-4-11(15)8-10(12)2/h4-8H,3,9,15H2,1-2H3,(H,16,19). The van der Waals surface area contributed by atoms with Crippen molar-refractivity contribution in [2.24, 2.45) is 0 Å². The van der Waals surface area contributed by atoms with Gasteiger partial charge in [0, 0.05) is 30.3 Å². The van der Waals surface area contributed by atoms with Crippen LogP contribution < -0.4 is 16.7 Å². The number of nitrogens with two attached hydrogens (primary N) is 1. The lowest BCUT2D eigenvalue weighted by Gasteiger charge is -2.09. The molecule has 3 N–H and O–H groups in total. The van der Waals surface area contributed by atoms with E-state index in [1.165, 1.54) is 4.57 Å². The first-order valence-corrected chi connectivity index (χ1v) is 6.43. The Balaban J connectivity index is 2.09. The van der Waals surface area contributed by atoms with Crippen LogP contribution in [0.15, 0.2) is 35.4 Å². The lowest BCUT2D eigenvalue weighted by atomic mass is 10.2. The predicted molar refractivity (Wildman–Crippen MR) is 78.6 cm³/mol.